The van der Waals surface area contributed by atoms with E-state index in [0.717, 1.165) is 6.26 Å². The van der Waals surface area contributed by atoms with Crippen LogP contribution in [0.15, 0.2) is 54.1 Å². The first-order valence-electron chi connectivity index (χ1n) is 6.27. The van der Waals surface area contributed by atoms with Crippen LogP contribution in [0.2, 0.25) is 5.15 Å². The molecule has 3 rings (SSSR count). The van der Waals surface area contributed by atoms with Crippen LogP contribution >= 0.6 is 11.6 Å². The van der Waals surface area contributed by atoms with Crippen LogP contribution in [0.4, 0.5) is 0 Å². The van der Waals surface area contributed by atoms with Crippen molar-refractivity contribution in [1.29, 1.82) is 0 Å². The van der Waals surface area contributed by atoms with E-state index in [0.29, 0.717) is 22.2 Å². The fraction of sp³-hybridized carbons (Fsp3) is 0.0714. The van der Waals surface area contributed by atoms with Crippen molar-refractivity contribution in [3.05, 3.63) is 54.2 Å². The van der Waals surface area contributed by atoms with E-state index in [9.17, 15) is 8.42 Å². The third-order valence-electron chi connectivity index (χ3n) is 3.01. The van der Waals surface area contributed by atoms with Gasteiger partial charge in [0.15, 0.2) is 20.0 Å². The highest BCUT2D eigenvalue weighted by atomic mass is 35.5. The third kappa shape index (κ3) is 2.72. The molecule has 22 heavy (non-hydrogen) atoms. The van der Waals surface area contributed by atoms with Gasteiger partial charge in [0, 0.05) is 12.5 Å². The minimum Gasteiger partial charge on any atom is -0.295 e. The number of nitrogens with zero attached hydrogens (tertiary/aromatic N) is 4. The van der Waals surface area contributed by atoms with Crippen molar-refractivity contribution in [2.24, 2.45) is 0 Å². The topological polar surface area (TPSA) is 77.7 Å². The van der Waals surface area contributed by atoms with Crippen molar-refractivity contribution in [3.63, 3.8) is 0 Å². The van der Waals surface area contributed by atoms with Crippen LogP contribution in [0.1, 0.15) is 0 Å². The van der Waals surface area contributed by atoms with Gasteiger partial charge in [0.1, 0.15) is 12.0 Å². The van der Waals surface area contributed by atoms with Crippen molar-refractivity contribution in [3.8, 4) is 17.1 Å². The summed E-state index contributed by atoms with van der Waals surface area (Å²) < 4.78 is 24.6. The van der Waals surface area contributed by atoms with Gasteiger partial charge in [-0.15, -0.1) is 0 Å². The van der Waals surface area contributed by atoms with E-state index in [4.69, 9.17) is 11.6 Å². The Morgan fingerprint density at radius 2 is 1.91 bits per heavy atom. The summed E-state index contributed by atoms with van der Waals surface area (Å²) in [6, 6.07) is 8.56. The summed E-state index contributed by atoms with van der Waals surface area (Å²) in [5, 5.41) is 0.327. The highest BCUT2D eigenvalue weighted by Crippen LogP contribution is 2.27. The van der Waals surface area contributed by atoms with Gasteiger partial charge in [0.2, 0.25) is 0 Å². The van der Waals surface area contributed by atoms with Gasteiger partial charge in [-0.25, -0.2) is 18.4 Å². The molecule has 0 saturated heterocycles. The summed E-state index contributed by atoms with van der Waals surface area (Å²) in [5.41, 5.74) is 1.93. The quantitative estimate of drug-likeness (QED) is 0.735. The summed E-state index contributed by atoms with van der Waals surface area (Å²) in [6.45, 7) is 0. The van der Waals surface area contributed by atoms with Crippen molar-refractivity contribution in [1.82, 2.24) is 19.5 Å². The van der Waals surface area contributed by atoms with Gasteiger partial charge in [-0.1, -0.05) is 17.7 Å². The summed E-state index contributed by atoms with van der Waals surface area (Å²) in [6.07, 6.45) is 5.78. The Morgan fingerprint density at radius 3 is 2.50 bits per heavy atom. The number of rotatable bonds is 3. The minimum atomic E-state index is -3.33. The van der Waals surface area contributed by atoms with E-state index in [2.05, 4.69) is 15.0 Å². The number of hydrogen-bond donors (Lipinski definition) is 0. The van der Waals surface area contributed by atoms with Crippen LogP contribution in [0.5, 0.6) is 0 Å². The van der Waals surface area contributed by atoms with E-state index in [1.165, 1.54) is 12.3 Å². The molecule has 0 saturated carbocycles. The maximum atomic E-state index is 11.5. The smallest absolute Gasteiger partial charge is 0.192 e. The largest absolute Gasteiger partial charge is 0.295 e. The van der Waals surface area contributed by atoms with E-state index >= 15 is 0 Å². The SMILES string of the molecule is CS(=O)(=O)c1ccc(-n2cnc(Cl)c2-c2ccccn2)cn1. The molecule has 0 aliphatic rings. The zero-order valence-electron chi connectivity index (χ0n) is 11.5. The Balaban J connectivity index is 2.11. The molecule has 6 nitrogen and oxygen atoms in total. The molecule has 0 bridgehead atoms. The van der Waals surface area contributed by atoms with Crippen LogP contribution in [-0.4, -0.2) is 34.2 Å². The molecule has 0 amide bonds. The van der Waals surface area contributed by atoms with Gasteiger partial charge >= 0.3 is 0 Å². The molecule has 8 heteroatoms. The number of imidazole rings is 1. The first-order chi connectivity index (χ1) is 10.5. The van der Waals surface area contributed by atoms with Crippen LogP contribution in [0.25, 0.3) is 17.1 Å². The predicted molar refractivity (Wildman–Crippen MR) is 82.7 cm³/mol. The van der Waals surface area contributed by atoms with E-state index in [1.54, 1.807) is 29.2 Å². The lowest BCUT2D eigenvalue weighted by atomic mass is 10.3. The number of aromatic nitrogens is 4. The van der Waals surface area contributed by atoms with Crippen molar-refractivity contribution in [2.45, 2.75) is 5.03 Å². The van der Waals surface area contributed by atoms with E-state index in [1.807, 2.05) is 12.1 Å². The zero-order valence-corrected chi connectivity index (χ0v) is 13.1. The number of hydrogen-bond acceptors (Lipinski definition) is 5. The van der Waals surface area contributed by atoms with Crippen LogP contribution in [0, 0.1) is 0 Å². The highest BCUT2D eigenvalue weighted by molar-refractivity contribution is 7.90. The lowest BCUT2D eigenvalue weighted by Gasteiger charge is -2.08. The van der Waals surface area contributed by atoms with Gasteiger partial charge in [0.05, 0.1) is 17.6 Å². The van der Waals surface area contributed by atoms with Gasteiger partial charge in [-0.3, -0.25) is 9.55 Å². The Labute approximate surface area is 132 Å². The van der Waals surface area contributed by atoms with Gasteiger partial charge in [0.25, 0.3) is 0 Å². The molecule has 0 aliphatic carbocycles. The molecule has 0 unspecified atom stereocenters. The van der Waals surface area contributed by atoms with Gasteiger partial charge < -0.3 is 0 Å². The maximum absolute atomic E-state index is 11.5. The van der Waals surface area contributed by atoms with Crippen molar-refractivity contribution in [2.75, 3.05) is 6.26 Å². The molecular formula is C14H11ClN4O2S. The first-order valence-corrected chi connectivity index (χ1v) is 8.54. The molecule has 0 N–H and O–H groups in total. The maximum Gasteiger partial charge on any atom is 0.192 e. The Hall–Kier alpha value is -2.25. The molecule has 3 heterocycles. The molecule has 0 aromatic carbocycles. The molecule has 0 fully saturated rings. The number of sulfone groups is 1. The molecule has 3 aromatic heterocycles. The zero-order chi connectivity index (χ0) is 15.7. The predicted octanol–water partition coefficient (Wildman–Crippen LogP) is 2.39. The monoisotopic (exact) mass is 334 g/mol. The number of halogens is 1. The average molecular weight is 335 g/mol. The normalized spacial score (nSPS) is 11.5. The molecule has 0 spiro atoms. The summed E-state index contributed by atoms with van der Waals surface area (Å²) in [5.74, 6) is 0. The Kier molecular flexibility index (Phi) is 3.67. The van der Waals surface area contributed by atoms with Crippen molar-refractivity contribution >= 4 is 21.4 Å². The highest BCUT2D eigenvalue weighted by Gasteiger charge is 2.15. The summed E-state index contributed by atoms with van der Waals surface area (Å²) in [4.78, 5) is 12.3. The standard InChI is InChI=1S/C14H11ClN4O2S/c1-22(20,21)12-6-5-10(8-17-12)19-9-18-14(15)13(19)11-4-2-3-7-16-11/h2-9H,1H3. The van der Waals surface area contributed by atoms with Crippen LogP contribution in [-0.2, 0) is 9.84 Å². The van der Waals surface area contributed by atoms with E-state index in [-0.39, 0.29) is 5.03 Å². The van der Waals surface area contributed by atoms with E-state index < -0.39 is 9.84 Å². The minimum absolute atomic E-state index is 0.0156. The fourth-order valence-electron chi connectivity index (χ4n) is 1.99. The summed E-state index contributed by atoms with van der Waals surface area (Å²) >= 11 is 6.14. The molecule has 0 radical (unpaired) electrons. The molecule has 112 valence electrons. The third-order valence-corrected chi connectivity index (χ3v) is 4.29. The molecule has 0 aliphatic heterocycles. The van der Waals surface area contributed by atoms with Gasteiger partial charge in [-0.05, 0) is 24.3 Å². The van der Waals surface area contributed by atoms with Crippen molar-refractivity contribution < 1.29 is 8.42 Å². The molecule has 0 atom stereocenters. The first kappa shape index (κ1) is 14.7. The van der Waals surface area contributed by atoms with Crippen LogP contribution < -0.4 is 0 Å². The second-order valence-electron chi connectivity index (χ2n) is 4.60. The van der Waals surface area contributed by atoms with Gasteiger partial charge in [-0.2, -0.15) is 0 Å². The second-order valence-corrected chi connectivity index (χ2v) is 6.92. The lowest BCUT2D eigenvalue weighted by Crippen LogP contribution is -2.02. The number of pyridine rings is 2. The van der Waals surface area contributed by atoms with Crippen LogP contribution in [0.3, 0.4) is 0 Å². The second kappa shape index (κ2) is 5.51. The Bertz CT molecular complexity index is 906. The fourth-order valence-corrected chi connectivity index (χ4v) is 2.78. The lowest BCUT2D eigenvalue weighted by molar-refractivity contribution is 0.598. The Morgan fingerprint density at radius 1 is 1.09 bits per heavy atom. The molecular weight excluding hydrogens is 324 g/mol. The average Bonchev–Trinajstić information content (AvgIpc) is 2.89. The summed E-state index contributed by atoms with van der Waals surface area (Å²) in [7, 11) is -3.33. The molecule has 3 aromatic rings.